The standard InChI is InChI=1S/C21H23N3O5/c1-26-10-5-9-24-20(14-8-7-13(27-2)12-16(14)28-3)17-18(15-6-4-11-29-15)22-23-19(17)21(24)25/h4,6-8,11-12,20H,5,9-10H2,1-3H3,(H,22,23). The van der Waals surface area contributed by atoms with Crippen molar-refractivity contribution in [2.24, 2.45) is 0 Å². The Labute approximate surface area is 168 Å². The molecule has 1 unspecified atom stereocenters. The van der Waals surface area contributed by atoms with E-state index >= 15 is 0 Å². The molecule has 8 nitrogen and oxygen atoms in total. The number of H-pyrrole nitrogens is 1. The van der Waals surface area contributed by atoms with E-state index in [9.17, 15) is 4.79 Å². The van der Waals surface area contributed by atoms with E-state index < -0.39 is 0 Å². The number of nitrogens with one attached hydrogen (secondary N) is 1. The largest absolute Gasteiger partial charge is 0.497 e. The molecule has 0 fully saturated rings. The lowest BCUT2D eigenvalue weighted by molar-refractivity contribution is 0.0722. The van der Waals surface area contributed by atoms with Crippen molar-refractivity contribution in [3.63, 3.8) is 0 Å². The third kappa shape index (κ3) is 3.25. The highest BCUT2D eigenvalue weighted by atomic mass is 16.5. The van der Waals surface area contributed by atoms with E-state index in [-0.39, 0.29) is 11.9 Å². The Hall–Kier alpha value is -3.26. The van der Waals surface area contributed by atoms with Crippen molar-refractivity contribution in [1.29, 1.82) is 0 Å². The fourth-order valence-corrected chi connectivity index (χ4v) is 3.78. The zero-order valence-corrected chi connectivity index (χ0v) is 16.6. The van der Waals surface area contributed by atoms with Crippen molar-refractivity contribution in [3.8, 4) is 23.0 Å². The van der Waals surface area contributed by atoms with E-state index in [0.29, 0.717) is 48.2 Å². The number of ether oxygens (including phenoxy) is 3. The number of carbonyl (C=O) groups is 1. The van der Waals surface area contributed by atoms with Gasteiger partial charge in [-0.15, -0.1) is 0 Å². The van der Waals surface area contributed by atoms with Crippen molar-refractivity contribution < 1.29 is 23.4 Å². The van der Waals surface area contributed by atoms with Gasteiger partial charge in [0.2, 0.25) is 0 Å². The third-order valence-corrected chi connectivity index (χ3v) is 5.10. The van der Waals surface area contributed by atoms with Gasteiger partial charge in [-0.1, -0.05) is 0 Å². The lowest BCUT2D eigenvalue weighted by Gasteiger charge is -2.27. The Morgan fingerprint density at radius 2 is 2.07 bits per heavy atom. The van der Waals surface area contributed by atoms with Crippen LogP contribution in [0.2, 0.25) is 0 Å². The van der Waals surface area contributed by atoms with E-state index in [2.05, 4.69) is 10.2 Å². The molecule has 1 aromatic carbocycles. The molecule has 1 N–H and O–H groups in total. The van der Waals surface area contributed by atoms with E-state index in [0.717, 1.165) is 11.1 Å². The summed E-state index contributed by atoms with van der Waals surface area (Å²) in [5.74, 6) is 1.81. The number of aromatic nitrogens is 2. The van der Waals surface area contributed by atoms with Crippen LogP contribution in [-0.2, 0) is 4.74 Å². The second-order valence-corrected chi connectivity index (χ2v) is 6.69. The van der Waals surface area contributed by atoms with Crippen molar-refractivity contribution in [3.05, 3.63) is 53.4 Å². The van der Waals surface area contributed by atoms with Crippen LogP contribution in [0, 0.1) is 0 Å². The van der Waals surface area contributed by atoms with Gasteiger partial charge in [0.25, 0.3) is 5.91 Å². The molecular formula is C21H23N3O5. The van der Waals surface area contributed by atoms with Crippen LogP contribution in [0.25, 0.3) is 11.5 Å². The van der Waals surface area contributed by atoms with Crippen LogP contribution in [0.1, 0.15) is 34.1 Å². The lowest BCUT2D eigenvalue weighted by atomic mass is 9.97. The van der Waals surface area contributed by atoms with Gasteiger partial charge < -0.3 is 23.5 Å². The van der Waals surface area contributed by atoms with Gasteiger partial charge in [-0.25, -0.2) is 0 Å². The average molecular weight is 397 g/mol. The van der Waals surface area contributed by atoms with Crippen LogP contribution in [0.4, 0.5) is 0 Å². The second-order valence-electron chi connectivity index (χ2n) is 6.69. The van der Waals surface area contributed by atoms with Gasteiger partial charge >= 0.3 is 0 Å². The normalized spacial score (nSPS) is 15.6. The molecule has 8 heteroatoms. The molecule has 0 saturated heterocycles. The van der Waals surface area contributed by atoms with E-state index in [1.54, 1.807) is 38.6 Å². The minimum absolute atomic E-state index is 0.131. The predicted octanol–water partition coefficient (Wildman–Crippen LogP) is 3.27. The first-order valence-corrected chi connectivity index (χ1v) is 9.33. The zero-order valence-electron chi connectivity index (χ0n) is 16.6. The molecule has 152 valence electrons. The Kier molecular flexibility index (Phi) is 5.26. The Morgan fingerprint density at radius 1 is 1.21 bits per heavy atom. The molecule has 4 rings (SSSR count). The molecule has 2 aromatic heterocycles. The molecule has 0 spiro atoms. The van der Waals surface area contributed by atoms with Crippen LogP contribution in [0.3, 0.4) is 0 Å². The molecule has 29 heavy (non-hydrogen) atoms. The lowest BCUT2D eigenvalue weighted by Crippen LogP contribution is -2.31. The summed E-state index contributed by atoms with van der Waals surface area (Å²) in [6.45, 7) is 1.09. The summed E-state index contributed by atoms with van der Waals surface area (Å²) < 4.78 is 21.7. The van der Waals surface area contributed by atoms with Gasteiger partial charge in [0.15, 0.2) is 11.5 Å². The highest BCUT2D eigenvalue weighted by molar-refractivity contribution is 6.00. The van der Waals surface area contributed by atoms with Crippen LogP contribution in [-0.4, -0.2) is 55.5 Å². The number of amides is 1. The third-order valence-electron chi connectivity index (χ3n) is 5.10. The first-order chi connectivity index (χ1) is 14.2. The summed E-state index contributed by atoms with van der Waals surface area (Å²) in [4.78, 5) is 15.0. The van der Waals surface area contributed by atoms with Gasteiger partial charge in [0, 0.05) is 37.5 Å². The number of methoxy groups -OCH3 is 3. The summed E-state index contributed by atoms with van der Waals surface area (Å²) in [6, 6.07) is 8.88. The number of carbonyl (C=O) groups excluding carboxylic acids is 1. The SMILES string of the molecule is COCCCN1C(=O)c2n[nH]c(-c3ccco3)c2C1c1ccc(OC)cc1OC. The number of aromatic amines is 1. The zero-order chi connectivity index (χ0) is 20.4. The fourth-order valence-electron chi connectivity index (χ4n) is 3.78. The maximum Gasteiger partial charge on any atom is 0.275 e. The molecule has 0 aliphatic carbocycles. The van der Waals surface area contributed by atoms with Gasteiger partial charge in [0.1, 0.15) is 17.2 Å². The molecule has 1 aliphatic heterocycles. The highest BCUT2D eigenvalue weighted by Crippen LogP contribution is 2.46. The first kappa shape index (κ1) is 19.1. The molecule has 3 heterocycles. The van der Waals surface area contributed by atoms with Gasteiger partial charge in [-0.05, 0) is 30.7 Å². The van der Waals surface area contributed by atoms with Gasteiger partial charge in [-0.3, -0.25) is 9.89 Å². The molecule has 1 aliphatic rings. The number of furan rings is 1. The van der Waals surface area contributed by atoms with E-state index in [4.69, 9.17) is 18.6 Å². The van der Waals surface area contributed by atoms with Crippen molar-refractivity contribution >= 4 is 5.91 Å². The summed E-state index contributed by atoms with van der Waals surface area (Å²) in [6.07, 6.45) is 2.31. The Bertz CT molecular complexity index is 996. The molecular weight excluding hydrogens is 374 g/mol. The number of benzene rings is 1. The second kappa shape index (κ2) is 8.00. The highest BCUT2D eigenvalue weighted by Gasteiger charge is 2.43. The van der Waals surface area contributed by atoms with Crippen LogP contribution >= 0.6 is 0 Å². The molecule has 0 radical (unpaired) electrons. The Balaban J connectivity index is 1.85. The predicted molar refractivity (Wildman–Crippen MR) is 105 cm³/mol. The van der Waals surface area contributed by atoms with Crippen molar-refractivity contribution in [2.45, 2.75) is 12.5 Å². The average Bonchev–Trinajstić information content (AvgIpc) is 3.46. The van der Waals surface area contributed by atoms with Crippen LogP contribution < -0.4 is 9.47 Å². The van der Waals surface area contributed by atoms with E-state index in [1.807, 2.05) is 24.3 Å². The molecule has 1 atom stereocenters. The smallest absolute Gasteiger partial charge is 0.275 e. The number of rotatable bonds is 8. The quantitative estimate of drug-likeness (QED) is 0.587. The number of hydrogen-bond donors (Lipinski definition) is 1. The van der Waals surface area contributed by atoms with Crippen molar-refractivity contribution in [1.82, 2.24) is 15.1 Å². The van der Waals surface area contributed by atoms with Gasteiger partial charge in [-0.2, -0.15) is 5.10 Å². The maximum atomic E-state index is 13.2. The molecule has 0 saturated carbocycles. The number of fused-ring (bicyclic) bond motifs is 1. The monoisotopic (exact) mass is 397 g/mol. The first-order valence-electron chi connectivity index (χ1n) is 9.33. The minimum Gasteiger partial charge on any atom is -0.497 e. The minimum atomic E-state index is -0.367. The fraction of sp³-hybridized carbons (Fsp3) is 0.333. The summed E-state index contributed by atoms with van der Waals surface area (Å²) in [5.41, 5.74) is 2.73. The Morgan fingerprint density at radius 3 is 2.76 bits per heavy atom. The molecule has 3 aromatic rings. The van der Waals surface area contributed by atoms with Crippen LogP contribution in [0.15, 0.2) is 41.0 Å². The number of hydrogen-bond acceptors (Lipinski definition) is 6. The van der Waals surface area contributed by atoms with Gasteiger partial charge in [0.05, 0.1) is 26.5 Å². The van der Waals surface area contributed by atoms with Crippen LogP contribution in [0.5, 0.6) is 11.5 Å². The molecule has 1 amide bonds. The summed E-state index contributed by atoms with van der Waals surface area (Å²) in [5, 5.41) is 7.28. The molecule has 0 bridgehead atoms. The van der Waals surface area contributed by atoms with Crippen molar-refractivity contribution in [2.75, 3.05) is 34.5 Å². The van der Waals surface area contributed by atoms with E-state index in [1.165, 1.54) is 0 Å². The topological polar surface area (TPSA) is 89.8 Å². The maximum absolute atomic E-state index is 13.2. The summed E-state index contributed by atoms with van der Waals surface area (Å²) >= 11 is 0. The summed E-state index contributed by atoms with van der Waals surface area (Å²) in [7, 11) is 4.86. The number of nitrogens with zero attached hydrogens (tertiary/aromatic N) is 2.